The molecule has 0 radical (unpaired) electrons. The van der Waals surface area contributed by atoms with Gasteiger partial charge in [0.15, 0.2) is 0 Å². The molecule has 0 saturated heterocycles. The molecule has 2 aromatic heterocycles. The highest BCUT2D eigenvalue weighted by atomic mass is 16.5. The number of nitrogens with one attached hydrogen (secondary N) is 1. The van der Waals surface area contributed by atoms with E-state index in [2.05, 4.69) is 20.4 Å². The summed E-state index contributed by atoms with van der Waals surface area (Å²) in [5.41, 5.74) is 3.64. The second-order valence-electron chi connectivity index (χ2n) is 6.79. The summed E-state index contributed by atoms with van der Waals surface area (Å²) in [6, 6.07) is 8.83. The van der Waals surface area contributed by atoms with Crippen LogP contribution in [-0.2, 0) is 27.2 Å². The van der Waals surface area contributed by atoms with Gasteiger partial charge in [0.05, 0.1) is 6.61 Å². The number of fused-ring (bicyclic) bond motifs is 1. The van der Waals surface area contributed by atoms with Gasteiger partial charge in [-0.3, -0.25) is 4.79 Å². The Morgan fingerprint density at radius 2 is 1.97 bits per heavy atom. The van der Waals surface area contributed by atoms with Crippen molar-refractivity contribution < 1.29 is 14.3 Å². The SMILES string of the molecule is CCOC(=O)[C@H](Cc1ccccc1)NC(=O)CCc1c(C)nc2ncnn2c1C. The van der Waals surface area contributed by atoms with E-state index in [0.717, 1.165) is 22.5 Å². The Kier molecular flexibility index (Phi) is 6.54. The highest BCUT2D eigenvalue weighted by molar-refractivity contribution is 5.84. The molecule has 3 rings (SSSR count). The minimum Gasteiger partial charge on any atom is -0.464 e. The lowest BCUT2D eigenvalue weighted by molar-refractivity contribution is -0.147. The van der Waals surface area contributed by atoms with Crippen LogP contribution >= 0.6 is 0 Å². The van der Waals surface area contributed by atoms with E-state index in [0.29, 0.717) is 18.6 Å². The average molecular weight is 395 g/mol. The molecule has 0 unspecified atom stereocenters. The van der Waals surface area contributed by atoms with Crippen LogP contribution in [0.2, 0.25) is 0 Å². The molecule has 8 nitrogen and oxygen atoms in total. The molecule has 29 heavy (non-hydrogen) atoms. The second kappa shape index (κ2) is 9.27. The van der Waals surface area contributed by atoms with E-state index in [-0.39, 0.29) is 18.9 Å². The fraction of sp³-hybridized carbons (Fsp3) is 0.381. The predicted molar refractivity (Wildman–Crippen MR) is 107 cm³/mol. The van der Waals surface area contributed by atoms with Gasteiger partial charge in [0.25, 0.3) is 5.78 Å². The van der Waals surface area contributed by atoms with Gasteiger partial charge in [-0.1, -0.05) is 30.3 Å². The van der Waals surface area contributed by atoms with Gasteiger partial charge >= 0.3 is 5.97 Å². The fourth-order valence-electron chi connectivity index (χ4n) is 3.31. The van der Waals surface area contributed by atoms with Crippen LogP contribution in [0, 0.1) is 13.8 Å². The molecule has 0 spiro atoms. The number of benzene rings is 1. The van der Waals surface area contributed by atoms with Crippen molar-refractivity contribution in [3.63, 3.8) is 0 Å². The molecule has 1 aromatic carbocycles. The smallest absolute Gasteiger partial charge is 0.328 e. The molecular formula is C21H25N5O3. The predicted octanol–water partition coefficient (Wildman–Crippen LogP) is 1.96. The maximum Gasteiger partial charge on any atom is 0.328 e. The van der Waals surface area contributed by atoms with Crippen molar-refractivity contribution in [2.45, 2.75) is 46.1 Å². The van der Waals surface area contributed by atoms with Gasteiger partial charge < -0.3 is 10.1 Å². The molecule has 1 amide bonds. The van der Waals surface area contributed by atoms with Gasteiger partial charge in [-0.25, -0.2) is 14.3 Å². The molecule has 0 fully saturated rings. The molecule has 1 atom stereocenters. The summed E-state index contributed by atoms with van der Waals surface area (Å²) in [4.78, 5) is 33.4. The molecule has 3 aromatic rings. The first-order valence-corrected chi connectivity index (χ1v) is 9.65. The Balaban J connectivity index is 1.67. The summed E-state index contributed by atoms with van der Waals surface area (Å²) in [6.07, 6.45) is 2.57. The quantitative estimate of drug-likeness (QED) is 0.586. The molecule has 152 valence electrons. The highest BCUT2D eigenvalue weighted by Crippen LogP contribution is 2.15. The number of rotatable bonds is 8. The third kappa shape index (κ3) is 4.96. The van der Waals surface area contributed by atoms with E-state index in [1.54, 1.807) is 11.4 Å². The van der Waals surface area contributed by atoms with Crippen molar-refractivity contribution in [1.29, 1.82) is 0 Å². The van der Waals surface area contributed by atoms with E-state index < -0.39 is 12.0 Å². The number of carbonyl (C=O) groups is 2. The van der Waals surface area contributed by atoms with Crippen molar-refractivity contribution in [1.82, 2.24) is 24.9 Å². The highest BCUT2D eigenvalue weighted by Gasteiger charge is 2.23. The number of carbonyl (C=O) groups excluding carboxylic acids is 2. The number of hydrogen-bond donors (Lipinski definition) is 1. The van der Waals surface area contributed by atoms with E-state index >= 15 is 0 Å². The largest absolute Gasteiger partial charge is 0.464 e. The Labute approximate surface area is 169 Å². The van der Waals surface area contributed by atoms with E-state index in [1.165, 1.54) is 6.33 Å². The van der Waals surface area contributed by atoms with Gasteiger partial charge in [-0.05, 0) is 38.3 Å². The van der Waals surface area contributed by atoms with E-state index in [9.17, 15) is 9.59 Å². The number of ether oxygens (including phenoxy) is 1. The number of hydrogen-bond acceptors (Lipinski definition) is 6. The maximum atomic E-state index is 12.6. The first-order valence-electron chi connectivity index (χ1n) is 9.65. The number of esters is 1. The molecule has 0 aliphatic rings. The van der Waals surface area contributed by atoms with Gasteiger partial charge in [0.1, 0.15) is 12.4 Å². The Morgan fingerprint density at radius 3 is 2.69 bits per heavy atom. The monoisotopic (exact) mass is 395 g/mol. The number of amides is 1. The van der Waals surface area contributed by atoms with Crippen molar-refractivity contribution in [3.8, 4) is 0 Å². The third-order valence-corrected chi connectivity index (χ3v) is 4.78. The van der Waals surface area contributed by atoms with Crippen LogP contribution in [-0.4, -0.2) is 44.1 Å². The van der Waals surface area contributed by atoms with Gasteiger partial charge in [0.2, 0.25) is 5.91 Å². The van der Waals surface area contributed by atoms with Crippen molar-refractivity contribution in [2.75, 3.05) is 6.61 Å². The zero-order valence-corrected chi connectivity index (χ0v) is 16.9. The molecule has 0 aliphatic carbocycles. The van der Waals surface area contributed by atoms with Crippen molar-refractivity contribution in [3.05, 3.63) is 59.2 Å². The zero-order chi connectivity index (χ0) is 20.8. The summed E-state index contributed by atoms with van der Waals surface area (Å²) in [5.74, 6) is -0.0994. The molecule has 8 heteroatoms. The first-order chi connectivity index (χ1) is 14.0. The summed E-state index contributed by atoms with van der Waals surface area (Å²) in [7, 11) is 0. The summed E-state index contributed by atoms with van der Waals surface area (Å²) in [6.45, 7) is 5.84. The van der Waals surface area contributed by atoms with Crippen LogP contribution in [0.3, 0.4) is 0 Å². The minimum absolute atomic E-state index is 0.212. The maximum absolute atomic E-state index is 12.6. The minimum atomic E-state index is -0.719. The van der Waals surface area contributed by atoms with E-state index in [1.807, 2.05) is 44.2 Å². The zero-order valence-electron chi connectivity index (χ0n) is 16.9. The van der Waals surface area contributed by atoms with Crippen LogP contribution in [0.5, 0.6) is 0 Å². The lowest BCUT2D eigenvalue weighted by atomic mass is 10.0. The standard InChI is InChI=1S/C21H25N5O3/c1-4-29-20(28)18(12-16-8-6-5-7-9-16)25-19(27)11-10-17-14(2)24-21-22-13-23-26(21)15(17)3/h5-9,13,18H,4,10-12H2,1-3H3,(H,25,27)/t18-/m0/s1. The lowest BCUT2D eigenvalue weighted by Crippen LogP contribution is -2.43. The number of nitrogens with zero attached hydrogens (tertiary/aromatic N) is 4. The first kappa shape index (κ1) is 20.4. The average Bonchev–Trinajstić information content (AvgIpc) is 3.17. The Bertz CT molecular complexity index is 1000. The summed E-state index contributed by atoms with van der Waals surface area (Å²) >= 11 is 0. The van der Waals surface area contributed by atoms with E-state index in [4.69, 9.17) is 4.74 Å². The third-order valence-electron chi connectivity index (χ3n) is 4.78. The van der Waals surface area contributed by atoms with Crippen molar-refractivity contribution in [2.24, 2.45) is 0 Å². The Morgan fingerprint density at radius 1 is 1.21 bits per heavy atom. The summed E-state index contributed by atoms with van der Waals surface area (Å²) < 4.78 is 6.80. The van der Waals surface area contributed by atoms with Crippen LogP contribution in [0.4, 0.5) is 0 Å². The molecule has 1 N–H and O–H groups in total. The normalized spacial score (nSPS) is 12.0. The molecule has 0 aliphatic heterocycles. The second-order valence-corrected chi connectivity index (χ2v) is 6.79. The van der Waals surface area contributed by atoms with Gasteiger partial charge in [-0.15, -0.1) is 0 Å². The van der Waals surface area contributed by atoms with Gasteiger partial charge in [0, 0.05) is 24.2 Å². The molecular weight excluding hydrogens is 370 g/mol. The number of aromatic nitrogens is 4. The van der Waals surface area contributed by atoms with Crippen LogP contribution in [0.15, 0.2) is 36.7 Å². The molecule has 0 saturated carbocycles. The van der Waals surface area contributed by atoms with Crippen LogP contribution in [0.1, 0.15) is 35.9 Å². The molecule has 2 heterocycles. The Hall–Kier alpha value is -3.29. The molecule has 0 bridgehead atoms. The van der Waals surface area contributed by atoms with Crippen LogP contribution < -0.4 is 5.32 Å². The topological polar surface area (TPSA) is 98.5 Å². The fourth-order valence-corrected chi connectivity index (χ4v) is 3.31. The number of aryl methyl sites for hydroxylation is 2. The van der Waals surface area contributed by atoms with Crippen LogP contribution in [0.25, 0.3) is 5.78 Å². The lowest BCUT2D eigenvalue weighted by Gasteiger charge is -2.18. The summed E-state index contributed by atoms with van der Waals surface area (Å²) in [5, 5.41) is 6.99. The van der Waals surface area contributed by atoms with Crippen molar-refractivity contribution >= 4 is 17.7 Å². The van der Waals surface area contributed by atoms with Gasteiger partial charge in [-0.2, -0.15) is 10.1 Å².